The van der Waals surface area contributed by atoms with Crippen molar-refractivity contribution in [2.24, 2.45) is 0 Å². The van der Waals surface area contributed by atoms with Gasteiger partial charge in [-0.2, -0.15) is 10.2 Å². The molecule has 17 heavy (non-hydrogen) atoms. The van der Waals surface area contributed by atoms with Crippen molar-refractivity contribution in [2.75, 3.05) is 0 Å². The van der Waals surface area contributed by atoms with Crippen molar-refractivity contribution in [2.45, 2.75) is 33.3 Å². The van der Waals surface area contributed by atoms with Gasteiger partial charge in [0.15, 0.2) is 0 Å². The molecule has 0 fully saturated rings. The van der Waals surface area contributed by atoms with Gasteiger partial charge in [0.1, 0.15) is 5.60 Å². The van der Waals surface area contributed by atoms with E-state index in [0.29, 0.717) is 5.88 Å². The Bertz CT molecular complexity index is 513. The van der Waals surface area contributed by atoms with Crippen molar-refractivity contribution in [3.8, 4) is 11.6 Å². The molecule has 0 atom stereocenters. The Hall–Kier alpha value is -1.91. The summed E-state index contributed by atoms with van der Waals surface area (Å²) < 4.78 is 7.41. The highest BCUT2D eigenvalue weighted by Crippen LogP contribution is 2.17. The van der Waals surface area contributed by atoms with Crippen LogP contribution in [0.25, 0.3) is 5.69 Å². The Labute approximate surface area is 100 Å². The van der Waals surface area contributed by atoms with Crippen molar-refractivity contribution < 1.29 is 4.74 Å². The fourth-order valence-corrected chi connectivity index (χ4v) is 1.39. The molecule has 0 spiro atoms. The molecule has 0 aromatic carbocycles. The van der Waals surface area contributed by atoms with Crippen LogP contribution in [-0.4, -0.2) is 25.6 Å². The second-order valence-electron chi connectivity index (χ2n) is 4.87. The van der Waals surface area contributed by atoms with Gasteiger partial charge in [-0.05, 0) is 33.8 Å². The summed E-state index contributed by atoms with van der Waals surface area (Å²) in [5.41, 5.74) is 1.51. The van der Waals surface area contributed by atoms with Gasteiger partial charge < -0.3 is 4.74 Å². The average Bonchev–Trinajstić information content (AvgIpc) is 2.63. The topological polar surface area (TPSA) is 52.8 Å². The van der Waals surface area contributed by atoms with Gasteiger partial charge in [-0.15, -0.1) is 5.10 Å². The smallest absolute Gasteiger partial charge is 0.236 e. The Balaban J connectivity index is 2.29. The van der Waals surface area contributed by atoms with Crippen LogP contribution < -0.4 is 4.74 Å². The summed E-state index contributed by atoms with van der Waals surface area (Å²) in [6, 6.07) is 3.76. The molecular formula is C12H16N4O. The number of nitrogens with zero attached hydrogens (tertiary/aromatic N) is 4. The first-order valence-electron chi connectivity index (χ1n) is 5.48. The van der Waals surface area contributed by atoms with Gasteiger partial charge in [-0.25, -0.2) is 4.68 Å². The van der Waals surface area contributed by atoms with Crippen LogP contribution in [0.4, 0.5) is 0 Å². The zero-order valence-corrected chi connectivity index (χ0v) is 10.5. The summed E-state index contributed by atoms with van der Waals surface area (Å²) in [6.45, 7) is 7.86. The predicted molar refractivity (Wildman–Crippen MR) is 64.3 cm³/mol. The number of ether oxygens (including phenoxy) is 1. The van der Waals surface area contributed by atoms with Gasteiger partial charge >= 0.3 is 0 Å². The molecule has 0 N–H and O–H groups in total. The van der Waals surface area contributed by atoms with Gasteiger partial charge in [-0.1, -0.05) is 0 Å². The van der Waals surface area contributed by atoms with Gasteiger partial charge in [-0.3, -0.25) is 0 Å². The molecule has 0 aliphatic carbocycles. The maximum absolute atomic E-state index is 5.66. The van der Waals surface area contributed by atoms with Crippen LogP contribution >= 0.6 is 0 Å². The molecule has 0 unspecified atom stereocenters. The summed E-state index contributed by atoms with van der Waals surface area (Å²) in [7, 11) is 0. The van der Waals surface area contributed by atoms with E-state index in [1.54, 1.807) is 10.9 Å². The van der Waals surface area contributed by atoms with Gasteiger partial charge in [0, 0.05) is 12.3 Å². The first-order valence-corrected chi connectivity index (χ1v) is 5.48. The lowest BCUT2D eigenvalue weighted by Crippen LogP contribution is -2.23. The second kappa shape index (κ2) is 4.16. The van der Waals surface area contributed by atoms with E-state index in [2.05, 4.69) is 15.3 Å². The number of aromatic nitrogens is 4. The fourth-order valence-electron chi connectivity index (χ4n) is 1.39. The van der Waals surface area contributed by atoms with Crippen LogP contribution in [0.5, 0.6) is 5.88 Å². The lowest BCUT2D eigenvalue weighted by atomic mass is 10.2. The molecule has 0 aliphatic rings. The van der Waals surface area contributed by atoms with Crippen LogP contribution in [0.3, 0.4) is 0 Å². The minimum absolute atomic E-state index is 0.284. The molecule has 90 valence electrons. The first-order chi connectivity index (χ1) is 7.94. The quantitative estimate of drug-likeness (QED) is 0.796. The lowest BCUT2D eigenvalue weighted by Gasteiger charge is -2.19. The molecule has 5 nitrogen and oxygen atoms in total. The third kappa shape index (κ3) is 3.03. The minimum Gasteiger partial charge on any atom is -0.471 e. The Morgan fingerprint density at radius 2 is 2.06 bits per heavy atom. The van der Waals surface area contributed by atoms with Gasteiger partial charge in [0.25, 0.3) is 0 Å². The highest BCUT2D eigenvalue weighted by atomic mass is 16.5. The van der Waals surface area contributed by atoms with E-state index < -0.39 is 0 Å². The maximum atomic E-state index is 5.66. The van der Waals surface area contributed by atoms with Crippen LogP contribution in [-0.2, 0) is 0 Å². The van der Waals surface area contributed by atoms with Crippen molar-refractivity contribution in [1.29, 1.82) is 0 Å². The monoisotopic (exact) mass is 232 g/mol. The molecular weight excluding hydrogens is 216 g/mol. The molecule has 2 rings (SSSR count). The molecule has 0 amide bonds. The van der Waals surface area contributed by atoms with Crippen LogP contribution in [0.2, 0.25) is 0 Å². The van der Waals surface area contributed by atoms with Crippen molar-refractivity contribution in [3.05, 3.63) is 30.2 Å². The lowest BCUT2D eigenvalue weighted by molar-refractivity contribution is 0.122. The highest BCUT2D eigenvalue weighted by molar-refractivity contribution is 5.31. The van der Waals surface area contributed by atoms with Crippen LogP contribution in [0.15, 0.2) is 24.5 Å². The normalized spacial score (nSPS) is 11.5. The van der Waals surface area contributed by atoms with E-state index in [4.69, 9.17) is 4.74 Å². The summed E-state index contributed by atoms with van der Waals surface area (Å²) in [5, 5.41) is 12.2. The summed E-state index contributed by atoms with van der Waals surface area (Å²) in [5.74, 6) is 0.503. The zero-order valence-electron chi connectivity index (χ0n) is 10.5. The highest BCUT2D eigenvalue weighted by Gasteiger charge is 2.13. The SMILES string of the molecule is Cc1ccn(-c2cnnc(OC(C)(C)C)c2)n1. The number of rotatable bonds is 2. The predicted octanol–water partition coefficient (Wildman–Crippen LogP) is 2.15. The third-order valence-corrected chi connectivity index (χ3v) is 2.02. The van der Waals surface area contributed by atoms with Crippen molar-refractivity contribution >= 4 is 0 Å². The third-order valence-electron chi connectivity index (χ3n) is 2.02. The van der Waals surface area contributed by atoms with Crippen molar-refractivity contribution in [3.63, 3.8) is 0 Å². The zero-order chi connectivity index (χ0) is 12.5. The van der Waals surface area contributed by atoms with E-state index in [9.17, 15) is 0 Å². The first kappa shape index (κ1) is 11.6. The molecule has 0 radical (unpaired) electrons. The number of hydrogen-bond donors (Lipinski definition) is 0. The summed E-state index contributed by atoms with van der Waals surface area (Å²) in [6.07, 6.45) is 3.54. The van der Waals surface area contributed by atoms with Gasteiger partial charge in [0.05, 0.1) is 17.6 Å². The van der Waals surface area contributed by atoms with E-state index in [0.717, 1.165) is 11.4 Å². The molecule has 0 saturated carbocycles. The average molecular weight is 232 g/mol. The van der Waals surface area contributed by atoms with Gasteiger partial charge in [0.2, 0.25) is 5.88 Å². The Morgan fingerprint density at radius 3 is 2.65 bits per heavy atom. The number of hydrogen-bond acceptors (Lipinski definition) is 4. The largest absolute Gasteiger partial charge is 0.471 e. The fraction of sp³-hybridized carbons (Fsp3) is 0.417. The second-order valence-corrected chi connectivity index (χ2v) is 4.87. The van der Waals surface area contributed by atoms with E-state index in [1.165, 1.54) is 0 Å². The van der Waals surface area contributed by atoms with Crippen LogP contribution in [0, 0.1) is 6.92 Å². The minimum atomic E-state index is -0.284. The molecule has 5 heteroatoms. The molecule has 2 heterocycles. The summed E-state index contributed by atoms with van der Waals surface area (Å²) in [4.78, 5) is 0. The molecule has 2 aromatic heterocycles. The number of aryl methyl sites for hydroxylation is 1. The van der Waals surface area contributed by atoms with Crippen molar-refractivity contribution in [1.82, 2.24) is 20.0 Å². The molecule has 2 aromatic rings. The molecule has 0 bridgehead atoms. The Morgan fingerprint density at radius 1 is 1.29 bits per heavy atom. The van der Waals surface area contributed by atoms with Crippen LogP contribution in [0.1, 0.15) is 26.5 Å². The molecule has 0 saturated heterocycles. The van der Waals surface area contributed by atoms with E-state index in [-0.39, 0.29) is 5.60 Å². The maximum Gasteiger partial charge on any atom is 0.236 e. The standard InChI is InChI=1S/C12H16N4O/c1-9-5-6-16(15-9)10-7-11(14-13-8-10)17-12(2,3)4/h5-8H,1-4H3. The van der Waals surface area contributed by atoms with E-state index in [1.807, 2.05) is 46.0 Å². The molecule has 0 aliphatic heterocycles. The Kier molecular flexibility index (Phi) is 2.83. The van der Waals surface area contributed by atoms with E-state index >= 15 is 0 Å². The summed E-state index contributed by atoms with van der Waals surface area (Å²) >= 11 is 0.